The largest absolute Gasteiger partial charge is 0.369 e. The molecule has 2 heterocycles. The van der Waals surface area contributed by atoms with Gasteiger partial charge >= 0.3 is 5.69 Å². The molecule has 4 rings (SSSR count). The van der Waals surface area contributed by atoms with Crippen molar-refractivity contribution >= 4 is 29.0 Å². The van der Waals surface area contributed by atoms with Crippen LogP contribution < -0.4 is 27.3 Å². The average Bonchev–Trinajstić information content (AvgIpc) is 3.37. The quantitative estimate of drug-likeness (QED) is 0.745. The van der Waals surface area contributed by atoms with Crippen LogP contribution in [0.4, 0.5) is 10.1 Å². The Labute approximate surface area is 168 Å². The van der Waals surface area contributed by atoms with Crippen LogP contribution in [0.3, 0.4) is 0 Å². The van der Waals surface area contributed by atoms with Crippen molar-refractivity contribution < 1.29 is 4.39 Å². The lowest BCUT2D eigenvalue weighted by atomic mass is 10.0. The molecule has 2 fully saturated rings. The minimum absolute atomic E-state index is 0. The van der Waals surface area contributed by atoms with E-state index in [9.17, 15) is 9.59 Å². The molecule has 2 atom stereocenters. The van der Waals surface area contributed by atoms with Gasteiger partial charge in [0.15, 0.2) is 0 Å². The molecule has 1 aliphatic heterocycles. The molecule has 9 heteroatoms. The fraction of sp³-hybridized carbons (Fsp3) is 0.579. The molecule has 28 heavy (non-hydrogen) atoms. The van der Waals surface area contributed by atoms with Crippen LogP contribution in [0.15, 0.2) is 15.7 Å². The molecule has 1 saturated heterocycles. The van der Waals surface area contributed by atoms with Gasteiger partial charge in [0.05, 0.1) is 16.6 Å². The number of hydrogen-bond donors (Lipinski definition) is 2. The zero-order chi connectivity index (χ0) is 19.5. The van der Waals surface area contributed by atoms with E-state index in [0.29, 0.717) is 33.4 Å². The van der Waals surface area contributed by atoms with Gasteiger partial charge in [-0.05, 0) is 52.1 Å². The third-order valence-corrected chi connectivity index (χ3v) is 6.18. The minimum Gasteiger partial charge on any atom is -0.369 e. The van der Waals surface area contributed by atoms with Gasteiger partial charge < -0.3 is 16.1 Å². The third-order valence-electron chi connectivity index (χ3n) is 6.18. The zero-order valence-corrected chi connectivity index (χ0v) is 17.2. The number of aromatic nitrogens is 2. The van der Waals surface area contributed by atoms with Crippen LogP contribution in [0.25, 0.3) is 10.9 Å². The van der Waals surface area contributed by atoms with Gasteiger partial charge in [-0.3, -0.25) is 9.36 Å². The highest BCUT2D eigenvalue weighted by Gasteiger charge is 2.33. The number of hydrogen-bond acceptors (Lipinski definition) is 5. The number of halogens is 2. The Morgan fingerprint density at radius 1 is 1.29 bits per heavy atom. The molecular formula is C19H27ClFN5O2. The number of fused-ring (bicyclic) bond motifs is 1. The third kappa shape index (κ3) is 3.08. The van der Waals surface area contributed by atoms with Crippen LogP contribution in [-0.2, 0) is 0 Å². The molecule has 0 spiro atoms. The van der Waals surface area contributed by atoms with E-state index in [1.165, 1.54) is 6.07 Å². The van der Waals surface area contributed by atoms with Gasteiger partial charge in [-0.2, -0.15) is 4.68 Å². The first kappa shape index (κ1) is 20.7. The minimum atomic E-state index is -0.649. The summed E-state index contributed by atoms with van der Waals surface area (Å²) in [5.41, 5.74) is 0.485. The summed E-state index contributed by atoms with van der Waals surface area (Å²) < 4.78 is 17.2. The predicted molar refractivity (Wildman–Crippen MR) is 112 cm³/mol. The van der Waals surface area contributed by atoms with Gasteiger partial charge in [-0.25, -0.2) is 9.18 Å². The van der Waals surface area contributed by atoms with E-state index in [1.54, 1.807) is 11.5 Å². The SMILES string of the molecule is CN[C@@H](C)[C@@H]1CCN(c2c(F)cc3c(=O)n(N)c(=O)n(C4CC4)c3c2C)C1.Cl. The van der Waals surface area contributed by atoms with Crippen LogP contribution >= 0.6 is 12.4 Å². The number of aryl methyl sites for hydroxylation is 1. The molecule has 1 aromatic heterocycles. The number of benzene rings is 1. The van der Waals surface area contributed by atoms with Crippen LogP contribution in [0.1, 0.15) is 37.8 Å². The van der Waals surface area contributed by atoms with Gasteiger partial charge in [-0.15, -0.1) is 12.4 Å². The Hall–Kier alpha value is -2.06. The molecule has 0 bridgehead atoms. The second-order valence-electron chi connectivity index (χ2n) is 7.86. The molecule has 7 nitrogen and oxygen atoms in total. The smallest absolute Gasteiger partial charge is 0.350 e. The first-order valence-electron chi connectivity index (χ1n) is 9.52. The normalized spacial score (nSPS) is 20.4. The van der Waals surface area contributed by atoms with Gasteiger partial charge in [-0.1, -0.05) is 0 Å². The van der Waals surface area contributed by atoms with Gasteiger partial charge in [0, 0.05) is 30.7 Å². The monoisotopic (exact) mass is 411 g/mol. The highest BCUT2D eigenvalue weighted by atomic mass is 35.5. The summed E-state index contributed by atoms with van der Waals surface area (Å²) in [5, 5.41) is 3.44. The second kappa shape index (κ2) is 7.40. The van der Waals surface area contributed by atoms with E-state index in [4.69, 9.17) is 5.84 Å². The van der Waals surface area contributed by atoms with E-state index >= 15 is 4.39 Å². The van der Waals surface area contributed by atoms with E-state index in [1.807, 2.05) is 11.9 Å². The summed E-state index contributed by atoms with van der Waals surface area (Å²) in [7, 11) is 1.93. The fourth-order valence-electron chi connectivity index (χ4n) is 4.35. The van der Waals surface area contributed by atoms with E-state index in [0.717, 1.165) is 32.4 Å². The highest BCUT2D eigenvalue weighted by molar-refractivity contribution is 5.87. The summed E-state index contributed by atoms with van der Waals surface area (Å²) in [4.78, 5) is 27.2. The van der Waals surface area contributed by atoms with Crippen molar-refractivity contribution in [2.45, 2.75) is 45.2 Å². The summed E-state index contributed by atoms with van der Waals surface area (Å²) in [6.07, 6.45) is 2.70. The van der Waals surface area contributed by atoms with Crippen LogP contribution in [0.5, 0.6) is 0 Å². The van der Waals surface area contributed by atoms with E-state index in [2.05, 4.69) is 12.2 Å². The molecule has 1 aliphatic carbocycles. The molecule has 0 radical (unpaired) electrons. The highest BCUT2D eigenvalue weighted by Crippen LogP contribution is 2.39. The van der Waals surface area contributed by atoms with Gasteiger partial charge in [0.2, 0.25) is 0 Å². The lowest BCUT2D eigenvalue weighted by Gasteiger charge is -2.25. The first-order chi connectivity index (χ1) is 12.8. The molecule has 1 aromatic carbocycles. The lowest BCUT2D eigenvalue weighted by Crippen LogP contribution is -2.44. The molecular weight excluding hydrogens is 385 g/mol. The summed E-state index contributed by atoms with van der Waals surface area (Å²) >= 11 is 0. The van der Waals surface area contributed by atoms with Gasteiger partial charge in [0.25, 0.3) is 5.56 Å². The van der Waals surface area contributed by atoms with Gasteiger partial charge in [0.1, 0.15) is 5.82 Å². The molecule has 3 N–H and O–H groups in total. The summed E-state index contributed by atoms with van der Waals surface area (Å²) in [5.74, 6) is 5.66. The standard InChI is InChI=1S/C19H26FN5O2.ClH/c1-10-16-14(18(26)25(21)19(27)24(16)13-4-5-13)8-15(20)17(10)23-7-6-12(9-23)11(2)22-3;/h8,11-13,22H,4-7,9,21H2,1-3H3;1H/t11-,12+;/m0./s1. The van der Waals surface area contributed by atoms with Crippen molar-refractivity contribution in [2.75, 3.05) is 30.9 Å². The number of anilines is 1. The predicted octanol–water partition coefficient (Wildman–Crippen LogP) is 1.52. The van der Waals surface area contributed by atoms with Crippen LogP contribution in [0.2, 0.25) is 0 Å². The summed E-state index contributed by atoms with van der Waals surface area (Å²) in [6.45, 7) is 5.43. The maximum atomic E-state index is 15.1. The molecule has 2 aliphatic rings. The number of rotatable bonds is 4. The zero-order valence-electron chi connectivity index (χ0n) is 16.4. The Kier molecular flexibility index (Phi) is 5.46. The first-order valence-corrected chi connectivity index (χ1v) is 9.52. The second-order valence-corrected chi connectivity index (χ2v) is 7.86. The number of nitrogens with one attached hydrogen (secondary N) is 1. The van der Waals surface area contributed by atoms with Crippen molar-refractivity contribution in [3.8, 4) is 0 Å². The Morgan fingerprint density at radius 3 is 2.57 bits per heavy atom. The summed E-state index contributed by atoms with van der Waals surface area (Å²) in [6, 6.07) is 1.62. The molecule has 0 unspecified atom stereocenters. The Balaban J connectivity index is 0.00000225. The van der Waals surface area contributed by atoms with E-state index in [-0.39, 0.29) is 23.8 Å². The van der Waals surface area contributed by atoms with E-state index < -0.39 is 17.1 Å². The van der Waals surface area contributed by atoms with Crippen molar-refractivity contribution in [3.05, 3.63) is 38.3 Å². The fourth-order valence-corrected chi connectivity index (χ4v) is 4.35. The van der Waals surface area contributed by atoms with Crippen molar-refractivity contribution in [1.29, 1.82) is 0 Å². The average molecular weight is 412 g/mol. The Bertz CT molecular complexity index is 1030. The molecule has 2 aromatic rings. The Morgan fingerprint density at radius 2 is 1.96 bits per heavy atom. The number of nitrogens with two attached hydrogens (primary N) is 1. The van der Waals surface area contributed by atoms with Crippen molar-refractivity contribution in [1.82, 2.24) is 14.6 Å². The number of nitrogen functional groups attached to an aromatic ring is 1. The van der Waals surface area contributed by atoms with Crippen LogP contribution in [0, 0.1) is 18.7 Å². The lowest BCUT2D eigenvalue weighted by molar-refractivity contribution is 0.428. The maximum absolute atomic E-state index is 15.1. The molecule has 1 saturated carbocycles. The van der Waals surface area contributed by atoms with Crippen molar-refractivity contribution in [2.24, 2.45) is 5.92 Å². The topological polar surface area (TPSA) is 85.3 Å². The number of nitrogens with zero attached hydrogens (tertiary/aromatic N) is 3. The maximum Gasteiger partial charge on any atom is 0.350 e. The molecule has 154 valence electrons. The molecule has 0 amide bonds. The van der Waals surface area contributed by atoms with Crippen molar-refractivity contribution in [3.63, 3.8) is 0 Å². The van der Waals surface area contributed by atoms with Crippen LogP contribution in [-0.4, -0.2) is 35.4 Å².